The Labute approximate surface area is 89.4 Å². The van der Waals surface area contributed by atoms with Crippen molar-refractivity contribution in [2.75, 3.05) is 13.1 Å². The van der Waals surface area contributed by atoms with E-state index in [1.165, 1.54) is 0 Å². The lowest BCUT2D eigenvalue weighted by Gasteiger charge is -2.39. The molecule has 0 aromatic carbocycles. The van der Waals surface area contributed by atoms with Crippen LogP contribution in [-0.4, -0.2) is 22.9 Å². The van der Waals surface area contributed by atoms with Crippen LogP contribution in [0.2, 0.25) is 5.02 Å². The highest BCUT2D eigenvalue weighted by Crippen LogP contribution is 2.30. The smallest absolute Gasteiger partial charge is 0.0847 e. The third-order valence-corrected chi connectivity index (χ3v) is 3.45. The van der Waals surface area contributed by atoms with Crippen molar-refractivity contribution >= 4 is 11.6 Å². The van der Waals surface area contributed by atoms with Crippen LogP contribution in [0.5, 0.6) is 0 Å². The van der Waals surface area contributed by atoms with Gasteiger partial charge in [-0.15, -0.1) is 0 Å². The van der Waals surface area contributed by atoms with Crippen molar-refractivity contribution in [2.24, 2.45) is 12.5 Å². The Morgan fingerprint density at radius 1 is 1.57 bits per heavy atom. The van der Waals surface area contributed by atoms with Crippen LogP contribution in [-0.2, 0) is 13.5 Å². The maximum Gasteiger partial charge on any atom is 0.0847 e. The molecular formula is C10H16ClN3. The zero-order valence-electron chi connectivity index (χ0n) is 8.89. The van der Waals surface area contributed by atoms with Gasteiger partial charge in [0.05, 0.1) is 16.4 Å². The Balaban J connectivity index is 2.23. The first-order valence-electron chi connectivity index (χ1n) is 4.90. The van der Waals surface area contributed by atoms with E-state index in [0.29, 0.717) is 5.41 Å². The van der Waals surface area contributed by atoms with E-state index in [1.54, 1.807) is 0 Å². The maximum atomic E-state index is 6.20. The van der Waals surface area contributed by atoms with Gasteiger partial charge >= 0.3 is 0 Å². The molecule has 1 aliphatic heterocycles. The average Bonchev–Trinajstić information content (AvgIpc) is 2.29. The summed E-state index contributed by atoms with van der Waals surface area (Å²) in [6.45, 7) is 6.39. The summed E-state index contributed by atoms with van der Waals surface area (Å²) in [5.74, 6) is 0. The van der Waals surface area contributed by atoms with Crippen LogP contribution >= 0.6 is 11.6 Å². The Morgan fingerprint density at radius 2 is 2.21 bits per heavy atom. The molecule has 1 fully saturated rings. The number of nitrogens with zero attached hydrogens (tertiary/aromatic N) is 2. The molecule has 0 spiro atoms. The van der Waals surface area contributed by atoms with Crippen LogP contribution in [0.3, 0.4) is 0 Å². The first-order chi connectivity index (χ1) is 6.52. The van der Waals surface area contributed by atoms with Gasteiger partial charge in [0.2, 0.25) is 0 Å². The lowest BCUT2D eigenvalue weighted by atomic mass is 9.80. The highest BCUT2D eigenvalue weighted by Gasteiger charge is 2.33. The van der Waals surface area contributed by atoms with Crippen LogP contribution < -0.4 is 5.32 Å². The van der Waals surface area contributed by atoms with Crippen molar-refractivity contribution < 1.29 is 0 Å². The normalized spacial score (nSPS) is 19.4. The van der Waals surface area contributed by atoms with Gasteiger partial charge in [-0.3, -0.25) is 4.68 Å². The third-order valence-electron chi connectivity index (χ3n) is 2.96. The molecule has 14 heavy (non-hydrogen) atoms. The summed E-state index contributed by atoms with van der Waals surface area (Å²) in [7, 11) is 1.96. The summed E-state index contributed by atoms with van der Waals surface area (Å²) in [5.41, 5.74) is 2.46. The summed E-state index contributed by atoms with van der Waals surface area (Å²) < 4.78 is 1.90. The van der Waals surface area contributed by atoms with Crippen molar-refractivity contribution in [3.63, 3.8) is 0 Å². The average molecular weight is 214 g/mol. The summed E-state index contributed by atoms with van der Waals surface area (Å²) >= 11 is 6.20. The molecule has 0 saturated carbocycles. The van der Waals surface area contributed by atoms with Gasteiger partial charge < -0.3 is 5.32 Å². The fourth-order valence-corrected chi connectivity index (χ4v) is 2.18. The van der Waals surface area contributed by atoms with E-state index in [9.17, 15) is 0 Å². The Bertz CT molecular complexity index is 352. The van der Waals surface area contributed by atoms with Gasteiger partial charge in [-0.25, -0.2) is 0 Å². The van der Waals surface area contributed by atoms with Gasteiger partial charge in [-0.2, -0.15) is 5.10 Å². The third kappa shape index (κ3) is 1.55. The SMILES string of the molecule is Cc1nn(C)c(CC2(C)CNC2)c1Cl. The first-order valence-corrected chi connectivity index (χ1v) is 5.28. The minimum Gasteiger partial charge on any atom is -0.316 e. The quantitative estimate of drug-likeness (QED) is 0.808. The molecule has 1 aromatic rings. The van der Waals surface area contributed by atoms with Crippen LogP contribution in [0.1, 0.15) is 18.3 Å². The second-order valence-corrected chi connectivity index (χ2v) is 4.94. The number of aromatic nitrogens is 2. The maximum absolute atomic E-state index is 6.20. The van der Waals surface area contributed by atoms with E-state index >= 15 is 0 Å². The van der Waals surface area contributed by atoms with E-state index in [-0.39, 0.29) is 0 Å². The van der Waals surface area contributed by atoms with Crippen LogP contribution in [0.15, 0.2) is 0 Å². The molecule has 0 aliphatic carbocycles. The van der Waals surface area contributed by atoms with Gasteiger partial charge in [0.1, 0.15) is 0 Å². The molecule has 1 aromatic heterocycles. The molecule has 78 valence electrons. The number of aryl methyl sites for hydroxylation is 2. The highest BCUT2D eigenvalue weighted by atomic mass is 35.5. The molecule has 2 rings (SSSR count). The zero-order valence-corrected chi connectivity index (χ0v) is 9.65. The number of hydrogen-bond donors (Lipinski definition) is 1. The van der Waals surface area contributed by atoms with E-state index in [1.807, 2.05) is 18.7 Å². The van der Waals surface area contributed by atoms with Crippen molar-refractivity contribution in [1.29, 1.82) is 0 Å². The molecule has 0 atom stereocenters. The van der Waals surface area contributed by atoms with Crippen molar-refractivity contribution in [2.45, 2.75) is 20.3 Å². The summed E-state index contributed by atoms with van der Waals surface area (Å²) in [4.78, 5) is 0. The van der Waals surface area contributed by atoms with E-state index < -0.39 is 0 Å². The highest BCUT2D eigenvalue weighted by molar-refractivity contribution is 6.31. The van der Waals surface area contributed by atoms with Crippen molar-refractivity contribution in [3.8, 4) is 0 Å². The molecule has 0 amide bonds. The molecule has 0 radical (unpaired) electrons. The number of halogens is 1. The minimum atomic E-state index is 0.365. The van der Waals surface area contributed by atoms with Gasteiger partial charge in [-0.05, 0) is 18.8 Å². The summed E-state index contributed by atoms with van der Waals surface area (Å²) in [6.07, 6.45) is 1.01. The fraction of sp³-hybridized carbons (Fsp3) is 0.700. The number of hydrogen-bond acceptors (Lipinski definition) is 2. The Hall–Kier alpha value is -0.540. The van der Waals surface area contributed by atoms with E-state index in [2.05, 4.69) is 17.3 Å². The monoisotopic (exact) mass is 213 g/mol. The zero-order chi connectivity index (χ0) is 10.3. The van der Waals surface area contributed by atoms with Crippen LogP contribution in [0, 0.1) is 12.3 Å². The molecular weight excluding hydrogens is 198 g/mol. The standard InChI is InChI=1S/C10H16ClN3/c1-7-9(11)8(14(3)13-7)4-10(2)5-12-6-10/h12H,4-6H2,1-3H3. The lowest BCUT2D eigenvalue weighted by molar-refractivity contribution is 0.191. The molecule has 3 nitrogen and oxygen atoms in total. The van der Waals surface area contributed by atoms with Gasteiger partial charge in [-0.1, -0.05) is 18.5 Å². The minimum absolute atomic E-state index is 0.365. The molecule has 0 unspecified atom stereocenters. The number of rotatable bonds is 2. The first kappa shape index (κ1) is 9.99. The van der Waals surface area contributed by atoms with Gasteiger partial charge in [0.25, 0.3) is 0 Å². The van der Waals surface area contributed by atoms with Crippen molar-refractivity contribution in [3.05, 3.63) is 16.4 Å². The summed E-state index contributed by atoms with van der Waals surface area (Å²) in [5, 5.41) is 8.45. The number of nitrogens with one attached hydrogen (secondary N) is 1. The van der Waals surface area contributed by atoms with E-state index in [0.717, 1.165) is 35.9 Å². The second kappa shape index (κ2) is 3.24. The topological polar surface area (TPSA) is 29.9 Å². The summed E-state index contributed by atoms with van der Waals surface area (Å²) in [6, 6.07) is 0. The Kier molecular flexibility index (Phi) is 2.32. The molecule has 2 heterocycles. The second-order valence-electron chi connectivity index (χ2n) is 4.56. The molecule has 1 saturated heterocycles. The van der Waals surface area contributed by atoms with Crippen LogP contribution in [0.4, 0.5) is 0 Å². The Morgan fingerprint density at radius 3 is 2.57 bits per heavy atom. The van der Waals surface area contributed by atoms with Gasteiger partial charge in [0.15, 0.2) is 0 Å². The van der Waals surface area contributed by atoms with Crippen LogP contribution in [0.25, 0.3) is 0 Å². The largest absolute Gasteiger partial charge is 0.316 e. The molecule has 1 N–H and O–H groups in total. The fourth-order valence-electron chi connectivity index (χ4n) is 1.95. The molecule has 0 bridgehead atoms. The van der Waals surface area contributed by atoms with Gasteiger partial charge in [0, 0.05) is 20.1 Å². The van der Waals surface area contributed by atoms with E-state index in [4.69, 9.17) is 11.6 Å². The van der Waals surface area contributed by atoms with Crippen molar-refractivity contribution in [1.82, 2.24) is 15.1 Å². The predicted molar refractivity (Wildman–Crippen MR) is 57.6 cm³/mol. The predicted octanol–water partition coefficient (Wildman–Crippen LogP) is 1.53. The molecule has 1 aliphatic rings. The molecule has 4 heteroatoms. The lowest BCUT2D eigenvalue weighted by Crippen LogP contribution is -2.52.